The second kappa shape index (κ2) is 10.1. The van der Waals surface area contributed by atoms with Crippen molar-refractivity contribution in [1.29, 1.82) is 0 Å². The molecule has 0 aromatic carbocycles. The molecule has 0 amide bonds. The molecule has 0 saturated carbocycles. The summed E-state index contributed by atoms with van der Waals surface area (Å²) in [5.41, 5.74) is 0. The van der Waals surface area contributed by atoms with E-state index in [4.69, 9.17) is 0 Å². The summed E-state index contributed by atoms with van der Waals surface area (Å²) >= 11 is 0. The molecule has 1 atom stereocenters. The monoisotopic (exact) mass is 280 g/mol. The van der Waals surface area contributed by atoms with Crippen molar-refractivity contribution < 1.29 is 0 Å². The van der Waals surface area contributed by atoms with Crippen molar-refractivity contribution in [3.8, 4) is 0 Å². The smallest absolute Gasteiger partial charge is 0.101 e. The highest BCUT2D eigenvalue weighted by Gasteiger charge is 2.26. The van der Waals surface area contributed by atoms with Crippen LogP contribution in [-0.2, 0) is 0 Å². The lowest BCUT2D eigenvalue weighted by Gasteiger charge is -2.35. The van der Waals surface area contributed by atoms with Gasteiger partial charge in [0.2, 0.25) is 0 Å². The van der Waals surface area contributed by atoms with E-state index in [1.807, 2.05) is 0 Å². The Hall–Kier alpha value is -0.660. The Morgan fingerprint density at radius 2 is 1.50 bits per heavy atom. The average molecular weight is 280 g/mol. The highest BCUT2D eigenvalue weighted by Crippen LogP contribution is 2.24. The lowest BCUT2D eigenvalue weighted by Crippen LogP contribution is -2.42. The van der Waals surface area contributed by atoms with Gasteiger partial charge in [0.25, 0.3) is 0 Å². The van der Waals surface area contributed by atoms with Crippen molar-refractivity contribution in [2.24, 2.45) is 0 Å². The number of hydrogen-bond donors (Lipinski definition) is 0. The summed E-state index contributed by atoms with van der Waals surface area (Å²) < 4.78 is 0. The molecule has 0 bridgehead atoms. The minimum Gasteiger partial charge on any atom is -0.356 e. The van der Waals surface area contributed by atoms with Gasteiger partial charge in [0, 0.05) is 25.0 Å². The fourth-order valence-electron chi connectivity index (χ4n) is 3.04. The van der Waals surface area contributed by atoms with Crippen molar-refractivity contribution >= 4 is 0 Å². The van der Waals surface area contributed by atoms with E-state index in [2.05, 4.69) is 49.9 Å². The molecule has 0 spiro atoms. The molecule has 1 aliphatic heterocycles. The van der Waals surface area contributed by atoms with Gasteiger partial charge in [0.1, 0.15) is 6.17 Å². The van der Waals surface area contributed by atoms with E-state index in [0.29, 0.717) is 12.2 Å². The van der Waals surface area contributed by atoms with Gasteiger partial charge in [0.05, 0.1) is 0 Å². The molecule has 0 aliphatic carbocycles. The van der Waals surface area contributed by atoms with Crippen LogP contribution in [0.15, 0.2) is 12.4 Å². The van der Waals surface area contributed by atoms with Gasteiger partial charge in [-0.3, -0.25) is 0 Å². The van der Waals surface area contributed by atoms with E-state index in [0.717, 1.165) is 0 Å². The highest BCUT2D eigenvalue weighted by atomic mass is 15.4. The Labute approximate surface area is 127 Å². The second-order valence-corrected chi connectivity index (χ2v) is 6.47. The summed E-state index contributed by atoms with van der Waals surface area (Å²) in [5, 5.41) is 0. The standard InChI is InChI=1S/C18H36N2/c1-5-7-9-10-11-12-13-18-19(14-8-6-2)15-16-20(18)17(3)4/h15-18H,5-14H2,1-4H3. The number of rotatable bonds is 11. The number of unbranched alkanes of at least 4 members (excludes halogenated alkanes) is 6. The zero-order valence-electron chi connectivity index (χ0n) is 14.3. The van der Waals surface area contributed by atoms with Crippen LogP contribution in [0.25, 0.3) is 0 Å². The average Bonchev–Trinajstić information content (AvgIpc) is 2.83. The van der Waals surface area contributed by atoms with Crippen molar-refractivity contribution in [2.45, 2.75) is 97.7 Å². The molecule has 0 aromatic heterocycles. The summed E-state index contributed by atoms with van der Waals surface area (Å²) in [5.74, 6) is 0. The number of hydrogen-bond acceptors (Lipinski definition) is 2. The van der Waals surface area contributed by atoms with Crippen LogP contribution in [0.4, 0.5) is 0 Å². The van der Waals surface area contributed by atoms with Gasteiger partial charge in [-0.25, -0.2) is 0 Å². The maximum atomic E-state index is 2.57. The van der Waals surface area contributed by atoms with Crippen molar-refractivity contribution in [1.82, 2.24) is 9.80 Å². The minimum absolute atomic E-state index is 0.614. The molecule has 0 aromatic rings. The zero-order valence-corrected chi connectivity index (χ0v) is 14.3. The van der Waals surface area contributed by atoms with Crippen LogP contribution in [0.5, 0.6) is 0 Å². The Balaban J connectivity index is 2.32. The van der Waals surface area contributed by atoms with Gasteiger partial charge in [-0.2, -0.15) is 0 Å². The van der Waals surface area contributed by atoms with Gasteiger partial charge in [-0.1, -0.05) is 52.4 Å². The molecule has 0 saturated heterocycles. The summed E-state index contributed by atoms with van der Waals surface area (Å²) in [6.45, 7) is 10.4. The SMILES string of the molecule is CCCCCCCCC1N(CCCC)C=CN1C(C)C. The van der Waals surface area contributed by atoms with E-state index in [9.17, 15) is 0 Å². The molecule has 2 nitrogen and oxygen atoms in total. The van der Waals surface area contributed by atoms with Crippen LogP contribution in [0.2, 0.25) is 0 Å². The molecule has 0 N–H and O–H groups in total. The molecule has 0 radical (unpaired) electrons. The molecule has 1 aliphatic rings. The normalized spacial score (nSPS) is 18.6. The van der Waals surface area contributed by atoms with Crippen molar-refractivity contribution in [3.63, 3.8) is 0 Å². The van der Waals surface area contributed by atoms with E-state index < -0.39 is 0 Å². The molecule has 0 fully saturated rings. The first-order chi connectivity index (χ1) is 9.70. The lowest BCUT2D eigenvalue weighted by molar-refractivity contribution is 0.114. The summed E-state index contributed by atoms with van der Waals surface area (Å²) in [6.07, 6.45) is 17.5. The maximum Gasteiger partial charge on any atom is 0.101 e. The first-order valence-electron chi connectivity index (χ1n) is 8.92. The first kappa shape index (κ1) is 17.4. The molecular formula is C18H36N2. The largest absolute Gasteiger partial charge is 0.356 e. The summed E-state index contributed by atoms with van der Waals surface area (Å²) in [6, 6.07) is 0.614. The molecular weight excluding hydrogens is 244 g/mol. The van der Waals surface area contributed by atoms with E-state index in [1.54, 1.807) is 0 Å². The second-order valence-electron chi connectivity index (χ2n) is 6.47. The van der Waals surface area contributed by atoms with E-state index in [1.165, 1.54) is 64.3 Å². The van der Waals surface area contributed by atoms with Gasteiger partial charge in [0.15, 0.2) is 0 Å². The maximum absolute atomic E-state index is 2.57. The van der Waals surface area contributed by atoms with Crippen LogP contribution in [0, 0.1) is 0 Å². The zero-order chi connectivity index (χ0) is 14.8. The molecule has 1 heterocycles. The molecule has 1 unspecified atom stereocenters. The van der Waals surface area contributed by atoms with Crippen molar-refractivity contribution in [2.75, 3.05) is 6.54 Å². The van der Waals surface area contributed by atoms with Gasteiger partial charge >= 0.3 is 0 Å². The highest BCUT2D eigenvalue weighted by molar-refractivity contribution is 4.98. The molecule has 1 rings (SSSR count). The van der Waals surface area contributed by atoms with Crippen LogP contribution >= 0.6 is 0 Å². The Kier molecular flexibility index (Phi) is 8.80. The van der Waals surface area contributed by atoms with Crippen molar-refractivity contribution in [3.05, 3.63) is 12.4 Å². The summed E-state index contributed by atoms with van der Waals surface area (Å²) in [4.78, 5) is 5.11. The topological polar surface area (TPSA) is 6.48 Å². The first-order valence-corrected chi connectivity index (χ1v) is 8.92. The minimum atomic E-state index is 0.614. The molecule has 118 valence electrons. The third-order valence-electron chi connectivity index (χ3n) is 4.34. The fraction of sp³-hybridized carbons (Fsp3) is 0.889. The van der Waals surface area contributed by atoms with Crippen LogP contribution < -0.4 is 0 Å². The van der Waals surface area contributed by atoms with Crippen LogP contribution in [-0.4, -0.2) is 28.6 Å². The Morgan fingerprint density at radius 1 is 0.850 bits per heavy atom. The third kappa shape index (κ3) is 5.76. The van der Waals surface area contributed by atoms with Gasteiger partial charge < -0.3 is 9.80 Å². The quantitative estimate of drug-likeness (QED) is 0.470. The van der Waals surface area contributed by atoms with Gasteiger partial charge in [-0.15, -0.1) is 0 Å². The number of nitrogens with zero attached hydrogens (tertiary/aromatic N) is 2. The summed E-state index contributed by atoms with van der Waals surface area (Å²) in [7, 11) is 0. The van der Waals surface area contributed by atoms with Crippen LogP contribution in [0.3, 0.4) is 0 Å². The third-order valence-corrected chi connectivity index (χ3v) is 4.34. The molecule has 2 heteroatoms. The predicted molar refractivity (Wildman–Crippen MR) is 89.5 cm³/mol. The fourth-order valence-corrected chi connectivity index (χ4v) is 3.04. The lowest BCUT2D eigenvalue weighted by atomic mass is 10.1. The van der Waals surface area contributed by atoms with Gasteiger partial charge in [-0.05, 0) is 33.1 Å². The van der Waals surface area contributed by atoms with E-state index >= 15 is 0 Å². The predicted octanol–water partition coefficient (Wildman–Crippen LogP) is 5.36. The van der Waals surface area contributed by atoms with Crippen LogP contribution in [0.1, 0.15) is 85.5 Å². The Bertz CT molecular complexity index is 260. The van der Waals surface area contributed by atoms with E-state index in [-0.39, 0.29) is 0 Å². The Morgan fingerprint density at radius 3 is 2.15 bits per heavy atom. The molecule has 20 heavy (non-hydrogen) atoms.